The first-order valence-electron chi connectivity index (χ1n) is 10.7. The van der Waals surface area contributed by atoms with E-state index in [-0.39, 0.29) is 12.1 Å². The summed E-state index contributed by atoms with van der Waals surface area (Å²) >= 11 is 3.48. The van der Waals surface area contributed by atoms with Crippen LogP contribution in [0.15, 0.2) is 46.9 Å². The molecule has 0 radical (unpaired) electrons. The van der Waals surface area contributed by atoms with Crippen molar-refractivity contribution in [3.63, 3.8) is 0 Å². The van der Waals surface area contributed by atoms with E-state index in [9.17, 15) is 9.90 Å². The van der Waals surface area contributed by atoms with Crippen LogP contribution in [0, 0.1) is 0 Å². The number of carbonyl (C=O) groups excluding carboxylic acids is 1. The van der Waals surface area contributed by atoms with Crippen molar-refractivity contribution in [1.29, 1.82) is 0 Å². The smallest absolute Gasteiger partial charge is 0.338 e. The first kappa shape index (κ1) is 22.8. The Morgan fingerprint density at radius 3 is 2.57 bits per heavy atom. The number of nitrogens with one attached hydrogen (secondary N) is 1. The van der Waals surface area contributed by atoms with Crippen molar-refractivity contribution in [3.8, 4) is 0 Å². The fourth-order valence-corrected chi connectivity index (χ4v) is 4.68. The molecule has 1 aliphatic rings. The van der Waals surface area contributed by atoms with Crippen molar-refractivity contribution in [3.05, 3.63) is 63.6 Å². The molecule has 0 saturated heterocycles. The maximum atomic E-state index is 12.8. The number of nitrogens with two attached hydrogens (primary N) is 1. The van der Waals surface area contributed by atoms with Gasteiger partial charge in [0.05, 0.1) is 17.9 Å². The average Bonchev–Trinajstić information content (AvgIpc) is 2.79. The van der Waals surface area contributed by atoms with Gasteiger partial charge in [-0.3, -0.25) is 0 Å². The summed E-state index contributed by atoms with van der Waals surface area (Å²) in [6.45, 7) is 2.55. The topological polar surface area (TPSA) is 84.6 Å². The molecule has 0 amide bonds. The number of hydrogen-bond donors (Lipinski definition) is 3. The molecule has 162 valence electrons. The largest absolute Gasteiger partial charge is 0.451 e. The number of halogens is 1. The fourth-order valence-electron chi connectivity index (χ4n) is 4.18. The molecule has 0 heterocycles. The lowest BCUT2D eigenvalue weighted by Gasteiger charge is -2.38. The summed E-state index contributed by atoms with van der Waals surface area (Å²) in [5, 5.41) is 13.4. The molecular weight excluding hydrogens is 444 g/mol. The third-order valence-electron chi connectivity index (χ3n) is 6.18. The Kier molecular flexibility index (Phi) is 7.92. The van der Waals surface area contributed by atoms with Crippen molar-refractivity contribution in [2.45, 2.75) is 63.6 Å². The lowest BCUT2D eigenvalue weighted by Crippen LogP contribution is -2.45. The van der Waals surface area contributed by atoms with Crippen LogP contribution in [-0.4, -0.2) is 23.2 Å². The Morgan fingerprint density at radius 1 is 1.23 bits per heavy atom. The number of nitrogen functional groups attached to an aromatic ring is 1. The van der Waals surface area contributed by atoms with Crippen molar-refractivity contribution in [2.75, 3.05) is 12.3 Å². The lowest BCUT2D eigenvalue weighted by atomic mass is 9.79. The Hall–Kier alpha value is -1.89. The first-order valence-corrected chi connectivity index (χ1v) is 11.5. The summed E-state index contributed by atoms with van der Waals surface area (Å²) in [7, 11) is 0. The Labute approximate surface area is 187 Å². The summed E-state index contributed by atoms with van der Waals surface area (Å²) in [6, 6.07) is 12.7. The molecule has 0 aromatic heterocycles. The molecule has 5 nitrogen and oxygen atoms in total. The minimum absolute atomic E-state index is 0.142. The highest BCUT2D eigenvalue weighted by Gasteiger charge is 2.29. The van der Waals surface area contributed by atoms with E-state index in [1.807, 2.05) is 30.3 Å². The van der Waals surface area contributed by atoms with E-state index in [1.54, 1.807) is 12.1 Å². The molecule has 0 bridgehead atoms. The second-order valence-corrected chi connectivity index (χ2v) is 8.92. The van der Waals surface area contributed by atoms with Crippen LogP contribution in [0.4, 0.5) is 5.69 Å². The summed E-state index contributed by atoms with van der Waals surface area (Å²) in [5.41, 5.74) is 9.10. The molecular formula is C24H31BrN2O3. The summed E-state index contributed by atoms with van der Waals surface area (Å²) in [4.78, 5) is 12.8. The first-order chi connectivity index (χ1) is 14.5. The van der Waals surface area contributed by atoms with Crippen molar-refractivity contribution in [1.82, 2.24) is 5.32 Å². The third kappa shape index (κ3) is 5.42. The molecule has 1 unspecified atom stereocenters. The number of aliphatic hydroxyl groups excluding tert-OH is 1. The van der Waals surface area contributed by atoms with Crippen LogP contribution in [0.25, 0.3) is 0 Å². The fraction of sp³-hybridized carbons (Fsp3) is 0.458. The van der Waals surface area contributed by atoms with Crippen molar-refractivity contribution in [2.24, 2.45) is 0 Å². The molecule has 1 saturated carbocycles. The minimum atomic E-state index is -0.706. The van der Waals surface area contributed by atoms with Crippen LogP contribution in [0.3, 0.4) is 0 Å². The predicted molar refractivity (Wildman–Crippen MR) is 123 cm³/mol. The normalized spacial score (nSPS) is 16.8. The zero-order valence-electron chi connectivity index (χ0n) is 17.5. The molecule has 2 aromatic carbocycles. The van der Waals surface area contributed by atoms with E-state index in [2.05, 4.69) is 28.2 Å². The number of rotatable bonds is 8. The highest BCUT2D eigenvalue weighted by Crippen LogP contribution is 2.33. The van der Waals surface area contributed by atoms with E-state index in [0.717, 1.165) is 17.5 Å². The molecule has 0 aliphatic heterocycles. The number of anilines is 1. The van der Waals surface area contributed by atoms with Gasteiger partial charge in [-0.15, -0.1) is 0 Å². The van der Waals surface area contributed by atoms with Gasteiger partial charge in [-0.2, -0.15) is 0 Å². The second kappa shape index (κ2) is 10.4. The van der Waals surface area contributed by atoms with Gasteiger partial charge in [-0.05, 0) is 58.5 Å². The van der Waals surface area contributed by atoms with Gasteiger partial charge in [-0.1, -0.05) is 56.5 Å². The predicted octanol–water partition coefficient (Wildman–Crippen LogP) is 5.12. The molecule has 2 aromatic rings. The number of carbonyl (C=O) groups is 1. The molecule has 1 atom stereocenters. The van der Waals surface area contributed by atoms with Gasteiger partial charge >= 0.3 is 5.97 Å². The van der Waals surface area contributed by atoms with Gasteiger partial charge in [0, 0.05) is 16.6 Å². The third-order valence-corrected chi connectivity index (χ3v) is 6.83. The van der Waals surface area contributed by atoms with E-state index >= 15 is 0 Å². The summed E-state index contributed by atoms with van der Waals surface area (Å²) < 4.78 is 6.26. The Balaban J connectivity index is 1.76. The molecule has 4 N–H and O–H groups in total. The van der Waals surface area contributed by atoms with Crippen molar-refractivity contribution >= 4 is 27.6 Å². The minimum Gasteiger partial charge on any atom is -0.451 e. The summed E-state index contributed by atoms with van der Waals surface area (Å²) in [5.74, 6) is -0.484. The van der Waals surface area contributed by atoms with Crippen molar-refractivity contribution < 1.29 is 14.6 Å². The monoisotopic (exact) mass is 474 g/mol. The number of hydrogen-bond acceptors (Lipinski definition) is 5. The number of ether oxygens (including phenoxy) is 1. The van der Waals surface area contributed by atoms with Crippen LogP contribution < -0.4 is 11.1 Å². The lowest BCUT2D eigenvalue weighted by molar-refractivity contribution is 0.0132. The van der Waals surface area contributed by atoms with Gasteiger partial charge in [0.1, 0.15) is 0 Å². The highest BCUT2D eigenvalue weighted by molar-refractivity contribution is 9.10. The maximum Gasteiger partial charge on any atom is 0.338 e. The van der Waals surface area contributed by atoms with Gasteiger partial charge in [-0.25, -0.2) is 4.79 Å². The van der Waals surface area contributed by atoms with Gasteiger partial charge in [0.25, 0.3) is 0 Å². The quantitative estimate of drug-likeness (QED) is 0.365. The molecule has 1 fully saturated rings. The Bertz CT molecular complexity index is 851. The van der Waals surface area contributed by atoms with Crippen LogP contribution in [0.2, 0.25) is 0 Å². The zero-order valence-corrected chi connectivity index (χ0v) is 19.1. The highest BCUT2D eigenvalue weighted by atomic mass is 79.9. The molecule has 0 spiro atoms. The van der Waals surface area contributed by atoms with Crippen LogP contribution in [0.5, 0.6) is 0 Å². The van der Waals surface area contributed by atoms with Crippen LogP contribution in [0.1, 0.15) is 73.0 Å². The molecule has 3 rings (SSSR count). The molecule has 1 aliphatic carbocycles. The zero-order chi connectivity index (χ0) is 21.6. The van der Waals surface area contributed by atoms with Gasteiger partial charge < -0.3 is 20.9 Å². The van der Waals surface area contributed by atoms with Gasteiger partial charge in [0.15, 0.2) is 6.10 Å². The summed E-state index contributed by atoms with van der Waals surface area (Å²) in [6.07, 6.45) is 6.49. The van der Waals surface area contributed by atoms with E-state index < -0.39 is 12.1 Å². The Morgan fingerprint density at radius 2 is 1.93 bits per heavy atom. The standard InChI is InChI=1S/C24H31BrN2O3/c1-2-24(11-7-4-8-12-24)27-15-19-13-18(14-20(25)22(19)26)23(29)30-21(16-28)17-9-5-3-6-10-17/h3,5-6,9-10,13-14,21,27-28H,2,4,7-8,11-12,15-16,26H2,1H3. The molecule has 30 heavy (non-hydrogen) atoms. The van der Waals surface area contributed by atoms with Crippen LogP contribution in [-0.2, 0) is 11.3 Å². The van der Waals surface area contributed by atoms with E-state index in [4.69, 9.17) is 10.5 Å². The number of benzene rings is 2. The SMILES string of the molecule is CCC1(NCc2cc(C(=O)OC(CO)c3ccccc3)cc(Br)c2N)CCCCC1. The maximum absolute atomic E-state index is 12.8. The van der Waals surface area contributed by atoms with E-state index in [1.165, 1.54) is 32.1 Å². The van der Waals surface area contributed by atoms with Crippen LogP contribution >= 0.6 is 15.9 Å². The average molecular weight is 475 g/mol. The number of esters is 1. The number of aliphatic hydroxyl groups is 1. The van der Waals surface area contributed by atoms with Gasteiger partial charge in [0.2, 0.25) is 0 Å². The molecule has 6 heteroatoms. The van der Waals surface area contributed by atoms with E-state index in [0.29, 0.717) is 22.3 Å². The second-order valence-electron chi connectivity index (χ2n) is 8.07.